The van der Waals surface area contributed by atoms with Crippen LogP contribution >= 0.6 is 0 Å². The number of hydrogen-bond acceptors (Lipinski definition) is 4. The third kappa shape index (κ3) is 4.47. The van der Waals surface area contributed by atoms with E-state index >= 15 is 0 Å². The highest BCUT2D eigenvalue weighted by atomic mass is 17.0. The van der Waals surface area contributed by atoms with Crippen LogP contribution in [-0.4, -0.2) is 22.1 Å². The Morgan fingerprint density at radius 3 is 1.18 bits per heavy atom. The molecule has 146 valence electrons. The van der Waals surface area contributed by atoms with Gasteiger partial charge in [0.25, 0.3) is 0 Å². The molecule has 0 aliphatic heterocycles. The third-order valence-electron chi connectivity index (χ3n) is 4.33. The van der Waals surface area contributed by atoms with E-state index in [1.54, 1.807) is 0 Å². The van der Waals surface area contributed by atoms with E-state index in [1.165, 1.54) is 0 Å². The number of ether oxygens (including phenoxy) is 1. The van der Waals surface area contributed by atoms with Gasteiger partial charge in [-0.05, 0) is 37.5 Å². The first-order valence-corrected chi connectivity index (χ1v) is 9.04. The van der Waals surface area contributed by atoms with E-state index in [0.717, 1.165) is 16.7 Å². The molecule has 4 heteroatoms. The predicted molar refractivity (Wildman–Crippen MR) is 110 cm³/mol. The predicted octanol–water partition coefficient (Wildman–Crippen LogP) is 5.38. The Morgan fingerprint density at radius 1 is 0.643 bits per heavy atom. The Balaban J connectivity index is 0.00000136. The summed E-state index contributed by atoms with van der Waals surface area (Å²) in [5.41, 5.74) is 1.09. The van der Waals surface area contributed by atoms with E-state index in [4.69, 9.17) is 15.3 Å². The fourth-order valence-electron chi connectivity index (χ4n) is 3.27. The average Bonchev–Trinajstić information content (AvgIpc) is 2.71. The van der Waals surface area contributed by atoms with Gasteiger partial charge in [-0.1, -0.05) is 91.0 Å². The molecule has 0 atom stereocenters. The topological polar surface area (TPSA) is 66.8 Å². The van der Waals surface area contributed by atoms with Crippen molar-refractivity contribution < 1.29 is 20.0 Å². The Kier molecular flexibility index (Phi) is 7.10. The van der Waals surface area contributed by atoms with Gasteiger partial charge < -0.3 is 4.74 Å². The average molecular weight is 378 g/mol. The zero-order valence-corrected chi connectivity index (χ0v) is 16.4. The molecule has 0 saturated carbocycles. The Bertz CT molecular complexity index is 757. The first-order valence-electron chi connectivity index (χ1n) is 9.04. The summed E-state index contributed by atoms with van der Waals surface area (Å²) in [6.45, 7) is 5.70. The molecule has 0 spiro atoms. The summed E-state index contributed by atoms with van der Waals surface area (Å²) < 4.78 is 5.93. The van der Waals surface area contributed by atoms with Crippen LogP contribution in [0.15, 0.2) is 91.0 Å². The van der Waals surface area contributed by atoms with Crippen LogP contribution in [-0.2, 0) is 14.9 Å². The Morgan fingerprint density at radius 2 is 0.929 bits per heavy atom. The lowest BCUT2D eigenvalue weighted by molar-refractivity contribution is -0.176. The second-order valence-corrected chi connectivity index (χ2v) is 7.35. The standard InChI is InChI=1S/C24H24O2.H2O2/c1-23(2,3)26-22(25)24(19-13-7-4-8-14-19,20-15-9-5-10-16-20)21-17-11-6-12-18-21;1-2/h4-18H,1-3H3;1-2H. The molecule has 0 fully saturated rings. The van der Waals surface area contributed by atoms with Crippen molar-refractivity contribution >= 4 is 5.97 Å². The van der Waals surface area contributed by atoms with Gasteiger partial charge in [0, 0.05) is 0 Å². The number of hydrogen-bond donors (Lipinski definition) is 2. The maximum Gasteiger partial charge on any atom is 0.326 e. The number of benzene rings is 3. The molecule has 0 unspecified atom stereocenters. The minimum Gasteiger partial charge on any atom is -0.459 e. The molecular weight excluding hydrogens is 352 g/mol. The highest BCUT2D eigenvalue weighted by molar-refractivity contribution is 5.92. The minimum absolute atomic E-state index is 0.270. The molecular formula is C24H26O4. The zero-order valence-electron chi connectivity index (χ0n) is 16.4. The molecule has 0 saturated heterocycles. The third-order valence-corrected chi connectivity index (χ3v) is 4.33. The van der Waals surface area contributed by atoms with Crippen molar-refractivity contribution in [3.8, 4) is 0 Å². The monoisotopic (exact) mass is 378 g/mol. The summed E-state index contributed by atoms with van der Waals surface area (Å²) in [4.78, 5) is 13.7. The van der Waals surface area contributed by atoms with Gasteiger partial charge in [-0.3, -0.25) is 15.3 Å². The van der Waals surface area contributed by atoms with E-state index in [9.17, 15) is 4.79 Å². The Labute approximate surface area is 166 Å². The summed E-state index contributed by atoms with van der Waals surface area (Å²) in [6, 6.07) is 29.6. The molecule has 3 aromatic rings. The van der Waals surface area contributed by atoms with Crippen LogP contribution in [0.25, 0.3) is 0 Å². The molecule has 0 radical (unpaired) electrons. The molecule has 0 aromatic heterocycles. The van der Waals surface area contributed by atoms with Gasteiger partial charge in [-0.15, -0.1) is 0 Å². The van der Waals surface area contributed by atoms with Crippen LogP contribution in [0, 0.1) is 0 Å². The maximum absolute atomic E-state index is 13.7. The SMILES string of the molecule is CC(C)(C)OC(=O)C(c1ccccc1)(c1ccccc1)c1ccccc1.OO. The molecule has 2 N–H and O–H groups in total. The molecule has 0 aliphatic carbocycles. The number of carbonyl (C=O) groups is 1. The molecule has 4 nitrogen and oxygen atoms in total. The van der Waals surface area contributed by atoms with Crippen LogP contribution in [0.1, 0.15) is 37.5 Å². The van der Waals surface area contributed by atoms with Gasteiger partial charge in [0.05, 0.1) is 0 Å². The molecule has 0 bridgehead atoms. The highest BCUT2D eigenvalue weighted by Gasteiger charge is 2.46. The van der Waals surface area contributed by atoms with Crippen LogP contribution in [0.2, 0.25) is 0 Å². The van der Waals surface area contributed by atoms with Crippen molar-refractivity contribution in [2.45, 2.75) is 31.8 Å². The summed E-state index contributed by atoms with van der Waals surface area (Å²) >= 11 is 0. The smallest absolute Gasteiger partial charge is 0.326 e. The van der Waals surface area contributed by atoms with Crippen molar-refractivity contribution in [2.24, 2.45) is 0 Å². The molecule has 3 aromatic carbocycles. The molecule has 0 heterocycles. The lowest BCUT2D eigenvalue weighted by Gasteiger charge is -2.36. The first kappa shape index (κ1) is 21.4. The van der Waals surface area contributed by atoms with Crippen molar-refractivity contribution in [3.05, 3.63) is 108 Å². The Hall–Kier alpha value is -2.95. The minimum atomic E-state index is -1.02. The van der Waals surface area contributed by atoms with Gasteiger partial charge in [-0.2, -0.15) is 0 Å². The number of carbonyl (C=O) groups excluding carboxylic acids is 1. The van der Waals surface area contributed by atoms with Crippen LogP contribution in [0.5, 0.6) is 0 Å². The number of esters is 1. The van der Waals surface area contributed by atoms with Gasteiger partial charge in [0.2, 0.25) is 0 Å². The molecule has 0 aliphatic rings. The van der Waals surface area contributed by atoms with Gasteiger partial charge in [-0.25, -0.2) is 0 Å². The van der Waals surface area contributed by atoms with Crippen molar-refractivity contribution in [2.75, 3.05) is 0 Å². The summed E-state index contributed by atoms with van der Waals surface area (Å²) in [6.07, 6.45) is 0. The zero-order chi connectivity index (χ0) is 20.6. The van der Waals surface area contributed by atoms with Crippen molar-refractivity contribution in [1.29, 1.82) is 0 Å². The van der Waals surface area contributed by atoms with Gasteiger partial charge in [0.1, 0.15) is 11.0 Å². The second-order valence-electron chi connectivity index (χ2n) is 7.35. The second kappa shape index (κ2) is 9.31. The molecule has 28 heavy (non-hydrogen) atoms. The lowest BCUT2D eigenvalue weighted by Crippen LogP contribution is -2.43. The maximum atomic E-state index is 13.7. The van der Waals surface area contributed by atoms with Crippen LogP contribution in [0.4, 0.5) is 0 Å². The first-order chi connectivity index (χ1) is 13.4. The summed E-state index contributed by atoms with van der Waals surface area (Å²) in [5, 5.41) is 12.0. The molecule has 3 rings (SSSR count). The number of rotatable bonds is 4. The van der Waals surface area contributed by atoms with Gasteiger partial charge >= 0.3 is 5.97 Å². The van der Waals surface area contributed by atoms with Gasteiger partial charge in [0.15, 0.2) is 0 Å². The van der Waals surface area contributed by atoms with Crippen LogP contribution < -0.4 is 0 Å². The van der Waals surface area contributed by atoms with Crippen molar-refractivity contribution in [3.63, 3.8) is 0 Å². The van der Waals surface area contributed by atoms with Crippen molar-refractivity contribution in [1.82, 2.24) is 0 Å². The quantitative estimate of drug-likeness (QED) is 0.277. The lowest BCUT2D eigenvalue weighted by atomic mass is 9.69. The fraction of sp³-hybridized carbons (Fsp3) is 0.208. The normalized spacial score (nSPS) is 11.2. The van der Waals surface area contributed by atoms with E-state index in [0.29, 0.717) is 0 Å². The highest BCUT2D eigenvalue weighted by Crippen LogP contribution is 2.41. The van der Waals surface area contributed by atoms with E-state index in [2.05, 4.69) is 0 Å². The molecule has 0 amide bonds. The summed E-state index contributed by atoms with van der Waals surface area (Å²) in [5.74, 6) is -0.270. The van der Waals surface area contributed by atoms with E-state index in [1.807, 2.05) is 112 Å². The fourth-order valence-corrected chi connectivity index (χ4v) is 3.27. The van der Waals surface area contributed by atoms with Crippen LogP contribution in [0.3, 0.4) is 0 Å². The van der Waals surface area contributed by atoms with E-state index < -0.39 is 11.0 Å². The van der Waals surface area contributed by atoms with E-state index in [-0.39, 0.29) is 5.97 Å². The largest absolute Gasteiger partial charge is 0.459 e. The summed E-state index contributed by atoms with van der Waals surface area (Å²) in [7, 11) is 0.